The van der Waals surface area contributed by atoms with Crippen LogP contribution in [0.25, 0.3) is 0 Å². The molecule has 0 aliphatic heterocycles. The summed E-state index contributed by atoms with van der Waals surface area (Å²) in [6.45, 7) is 14.7. The Morgan fingerprint density at radius 2 is 1.55 bits per heavy atom. The number of benzene rings is 1. The molecule has 1 atom stereocenters. The van der Waals surface area contributed by atoms with Crippen LogP contribution in [-0.4, -0.2) is 24.5 Å². The van der Waals surface area contributed by atoms with Crippen molar-refractivity contribution in [3.63, 3.8) is 0 Å². The monoisotopic (exact) mass is 276 g/mol. The summed E-state index contributed by atoms with van der Waals surface area (Å²) < 4.78 is 0. The molecule has 0 radical (unpaired) electrons. The minimum atomic E-state index is 0.151. The van der Waals surface area contributed by atoms with Gasteiger partial charge in [-0.15, -0.1) is 0 Å². The van der Waals surface area contributed by atoms with Gasteiger partial charge in [0, 0.05) is 19.1 Å². The van der Waals surface area contributed by atoms with Crippen LogP contribution < -0.4 is 5.73 Å². The zero-order valence-electron chi connectivity index (χ0n) is 13.9. The van der Waals surface area contributed by atoms with E-state index in [0.717, 1.165) is 13.0 Å². The molecular formula is C18H32N2. The van der Waals surface area contributed by atoms with E-state index < -0.39 is 0 Å². The molecule has 0 amide bonds. The molecule has 0 aliphatic rings. The molecule has 1 rings (SSSR count). The van der Waals surface area contributed by atoms with E-state index in [1.807, 2.05) is 0 Å². The van der Waals surface area contributed by atoms with E-state index in [4.69, 9.17) is 5.73 Å². The van der Waals surface area contributed by atoms with Crippen molar-refractivity contribution in [2.24, 2.45) is 17.6 Å². The van der Waals surface area contributed by atoms with Crippen molar-refractivity contribution in [3.05, 3.63) is 35.4 Å². The van der Waals surface area contributed by atoms with Crippen LogP contribution in [-0.2, 0) is 0 Å². The second-order valence-corrected chi connectivity index (χ2v) is 6.80. The number of hydrogen-bond acceptors (Lipinski definition) is 2. The Morgan fingerprint density at radius 3 is 2.05 bits per heavy atom. The minimum Gasteiger partial charge on any atom is -0.324 e. The number of nitrogens with zero attached hydrogens (tertiary/aromatic N) is 1. The maximum absolute atomic E-state index is 6.38. The van der Waals surface area contributed by atoms with Crippen LogP contribution in [0.15, 0.2) is 24.3 Å². The third-order valence-corrected chi connectivity index (χ3v) is 3.59. The third kappa shape index (κ3) is 6.06. The lowest BCUT2D eigenvalue weighted by atomic mass is 9.99. The number of nitrogens with two attached hydrogens (primary N) is 1. The van der Waals surface area contributed by atoms with E-state index in [9.17, 15) is 0 Å². The summed E-state index contributed by atoms with van der Waals surface area (Å²) >= 11 is 0. The first-order valence-corrected chi connectivity index (χ1v) is 7.93. The van der Waals surface area contributed by atoms with Gasteiger partial charge >= 0.3 is 0 Å². The molecule has 2 nitrogen and oxygen atoms in total. The van der Waals surface area contributed by atoms with E-state index in [1.165, 1.54) is 24.2 Å². The fraction of sp³-hybridized carbons (Fsp3) is 0.667. The highest BCUT2D eigenvalue weighted by atomic mass is 15.1. The van der Waals surface area contributed by atoms with Gasteiger partial charge in [0.25, 0.3) is 0 Å². The normalized spacial score (nSPS) is 13.4. The summed E-state index contributed by atoms with van der Waals surface area (Å²) in [5, 5.41) is 0. The fourth-order valence-electron chi connectivity index (χ4n) is 2.77. The van der Waals surface area contributed by atoms with Crippen LogP contribution >= 0.6 is 0 Å². The van der Waals surface area contributed by atoms with Crippen LogP contribution in [0.1, 0.15) is 51.3 Å². The first kappa shape index (κ1) is 17.2. The Labute approximate surface area is 125 Å². The van der Waals surface area contributed by atoms with Gasteiger partial charge in [0.05, 0.1) is 0 Å². The van der Waals surface area contributed by atoms with Gasteiger partial charge in [-0.2, -0.15) is 0 Å². The van der Waals surface area contributed by atoms with Crippen LogP contribution in [0.2, 0.25) is 0 Å². The Hall–Kier alpha value is -0.860. The molecule has 1 aromatic carbocycles. The molecule has 0 aliphatic carbocycles. The van der Waals surface area contributed by atoms with E-state index in [-0.39, 0.29) is 6.04 Å². The summed E-state index contributed by atoms with van der Waals surface area (Å²) in [6, 6.07) is 8.63. The van der Waals surface area contributed by atoms with Gasteiger partial charge in [-0.25, -0.2) is 0 Å². The van der Waals surface area contributed by atoms with Crippen molar-refractivity contribution >= 4 is 0 Å². The Morgan fingerprint density at radius 1 is 1.00 bits per heavy atom. The lowest BCUT2D eigenvalue weighted by molar-refractivity contribution is 0.212. The van der Waals surface area contributed by atoms with Gasteiger partial charge in [0.15, 0.2) is 0 Å². The molecular weight excluding hydrogens is 244 g/mol. The molecule has 2 heteroatoms. The van der Waals surface area contributed by atoms with Crippen molar-refractivity contribution < 1.29 is 0 Å². The van der Waals surface area contributed by atoms with Crippen LogP contribution in [0.5, 0.6) is 0 Å². The summed E-state index contributed by atoms with van der Waals surface area (Å²) in [5.41, 5.74) is 8.98. The van der Waals surface area contributed by atoms with Crippen molar-refractivity contribution in [2.75, 3.05) is 19.6 Å². The predicted molar refractivity (Wildman–Crippen MR) is 88.8 cm³/mol. The molecule has 114 valence electrons. The van der Waals surface area contributed by atoms with Crippen LogP contribution in [0.4, 0.5) is 0 Å². The summed E-state index contributed by atoms with van der Waals surface area (Å²) in [6.07, 6.45) is 1.03. The predicted octanol–water partition coefficient (Wildman–Crippen LogP) is 4.00. The van der Waals surface area contributed by atoms with Gasteiger partial charge < -0.3 is 10.6 Å². The van der Waals surface area contributed by atoms with Crippen molar-refractivity contribution in [3.8, 4) is 0 Å². The summed E-state index contributed by atoms with van der Waals surface area (Å²) in [4.78, 5) is 2.56. The Kier molecular flexibility index (Phi) is 7.25. The van der Waals surface area contributed by atoms with Crippen molar-refractivity contribution in [1.82, 2.24) is 4.90 Å². The molecule has 0 saturated carbocycles. The zero-order valence-corrected chi connectivity index (χ0v) is 13.9. The molecule has 0 bridgehead atoms. The average molecular weight is 276 g/mol. The van der Waals surface area contributed by atoms with Crippen molar-refractivity contribution in [2.45, 2.75) is 47.1 Å². The standard InChI is InChI=1S/C18H32N2/c1-14(2)12-20(13-15(3)4)11-10-18(19)17-9-7-6-8-16(17)5/h6-9,14-15,18H,10-13,19H2,1-5H3. The third-order valence-electron chi connectivity index (χ3n) is 3.59. The van der Waals surface area contributed by atoms with Gasteiger partial charge in [0.2, 0.25) is 0 Å². The minimum absolute atomic E-state index is 0.151. The largest absolute Gasteiger partial charge is 0.324 e. The van der Waals surface area contributed by atoms with Gasteiger partial charge in [0.1, 0.15) is 0 Å². The average Bonchev–Trinajstić information content (AvgIpc) is 2.34. The Bertz CT molecular complexity index is 375. The number of rotatable bonds is 8. The summed E-state index contributed by atoms with van der Waals surface area (Å²) in [7, 11) is 0. The van der Waals surface area contributed by atoms with Crippen molar-refractivity contribution in [1.29, 1.82) is 0 Å². The molecule has 0 fully saturated rings. The highest BCUT2D eigenvalue weighted by Gasteiger charge is 2.13. The zero-order chi connectivity index (χ0) is 15.1. The molecule has 1 unspecified atom stereocenters. The lowest BCUT2D eigenvalue weighted by Crippen LogP contribution is -2.33. The SMILES string of the molecule is Cc1ccccc1C(N)CCN(CC(C)C)CC(C)C. The summed E-state index contributed by atoms with van der Waals surface area (Å²) in [5.74, 6) is 1.42. The highest BCUT2D eigenvalue weighted by molar-refractivity contribution is 5.28. The molecule has 0 aromatic heterocycles. The van der Waals surface area contributed by atoms with E-state index in [0.29, 0.717) is 11.8 Å². The van der Waals surface area contributed by atoms with Crippen LogP contribution in [0, 0.1) is 18.8 Å². The van der Waals surface area contributed by atoms with E-state index in [2.05, 4.69) is 63.8 Å². The molecule has 2 N–H and O–H groups in total. The molecule has 1 aromatic rings. The Balaban J connectivity index is 2.55. The number of hydrogen-bond donors (Lipinski definition) is 1. The highest BCUT2D eigenvalue weighted by Crippen LogP contribution is 2.19. The molecule has 0 heterocycles. The smallest absolute Gasteiger partial charge is 0.0309 e. The maximum atomic E-state index is 6.38. The second kappa shape index (κ2) is 8.43. The fourth-order valence-corrected chi connectivity index (χ4v) is 2.77. The first-order chi connectivity index (χ1) is 9.40. The topological polar surface area (TPSA) is 29.3 Å². The maximum Gasteiger partial charge on any atom is 0.0309 e. The van der Waals surface area contributed by atoms with E-state index >= 15 is 0 Å². The van der Waals surface area contributed by atoms with Gasteiger partial charge in [-0.05, 0) is 42.9 Å². The molecule has 20 heavy (non-hydrogen) atoms. The quantitative estimate of drug-likeness (QED) is 0.777. The van der Waals surface area contributed by atoms with Gasteiger partial charge in [-0.1, -0.05) is 52.0 Å². The molecule has 0 spiro atoms. The molecule has 0 saturated heterocycles. The first-order valence-electron chi connectivity index (χ1n) is 7.93. The lowest BCUT2D eigenvalue weighted by Gasteiger charge is -2.27. The van der Waals surface area contributed by atoms with Gasteiger partial charge in [-0.3, -0.25) is 0 Å². The van der Waals surface area contributed by atoms with Crippen LogP contribution in [0.3, 0.4) is 0 Å². The van der Waals surface area contributed by atoms with E-state index in [1.54, 1.807) is 0 Å². The number of aryl methyl sites for hydroxylation is 1. The second-order valence-electron chi connectivity index (χ2n) is 6.80.